The van der Waals surface area contributed by atoms with E-state index < -0.39 is 0 Å². The van der Waals surface area contributed by atoms with Crippen molar-refractivity contribution in [2.24, 2.45) is 0 Å². The molecule has 0 aromatic carbocycles. The number of hydrogen-bond donors (Lipinski definition) is 1. The quantitative estimate of drug-likeness (QED) is 0.813. The first-order valence-corrected chi connectivity index (χ1v) is 5.50. The Bertz CT molecular complexity index is 288. The SMILES string of the molecule is CCCC(COC)Nc1ccncc1Cl. The zero-order valence-corrected chi connectivity index (χ0v) is 9.92. The minimum atomic E-state index is 0.305. The Balaban J connectivity index is 2.60. The molecule has 0 radical (unpaired) electrons. The number of anilines is 1. The topological polar surface area (TPSA) is 34.1 Å². The van der Waals surface area contributed by atoms with Crippen LogP contribution in [0, 0.1) is 0 Å². The predicted molar refractivity (Wildman–Crippen MR) is 63.4 cm³/mol. The summed E-state index contributed by atoms with van der Waals surface area (Å²) in [6, 6.07) is 2.18. The van der Waals surface area contributed by atoms with E-state index in [0.717, 1.165) is 18.5 Å². The Labute approximate surface area is 95.8 Å². The molecule has 0 amide bonds. The van der Waals surface area contributed by atoms with E-state index in [2.05, 4.69) is 17.2 Å². The van der Waals surface area contributed by atoms with Gasteiger partial charge in [-0.1, -0.05) is 24.9 Å². The zero-order chi connectivity index (χ0) is 11.1. The molecule has 1 atom stereocenters. The number of rotatable bonds is 6. The summed E-state index contributed by atoms with van der Waals surface area (Å²) < 4.78 is 5.15. The Kier molecular flexibility index (Phi) is 5.43. The number of ether oxygens (including phenoxy) is 1. The van der Waals surface area contributed by atoms with E-state index in [-0.39, 0.29) is 0 Å². The number of methoxy groups -OCH3 is 1. The number of nitrogens with one attached hydrogen (secondary N) is 1. The molecule has 0 aliphatic carbocycles. The van der Waals surface area contributed by atoms with Gasteiger partial charge in [-0.2, -0.15) is 0 Å². The van der Waals surface area contributed by atoms with Crippen molar-refractivity contribution < 1.29 is 4.74 Å². The van der Waals surface area contributed by atoms with Crippen LogP contribution in [0.3, 0.4) is 0 Å². The minimum absolute atomic E-state index is 0.305. The Hall–Kier alpha value is -0.800. The van der Waals surface area contributed by atoms with Crippen LogP contribution >= 0.6 is 11.6 Å². The summed E-state index contributed by atoms with van der Waals surface area (Å²) in [7, 11) is 1.71. The van der Waals surface area contributed by atoms with Gasteiger partial charge in [-0.15, -0.1) is 0 Å². The molecule has 84 valence electrons. The van der Waals surface area contributed by atoms with Gasteiger partial charge in [0.15, 0.2) is 0 Å². The number of halogens is 1. The van der Waals surface area contributed by atoms with Crippen molar-refractivity contribution >= 4 is 17.3 Å². The molecule has 0 saturated heterocycles. The van der Waals surface area contributed by atoms with Crippen LogP contribution in [0.25, 0.3) is 0 Å². The van der Waals surface area contributed by atoms with Crippen LogP contribution in [-0.4, -0.2) is 24.7 Å². The highest BCUT2D eigenvalue weighted by Crippen LogP contribution is 2.20. The first-order chi connectivity index (χ1) is 7.27. The van der Waals surface area contributed by atoms with Gasteiger partial charge in [0.05, 0.1) is 17.3 Å². The van der Waals surface area contributed by atoms with Crippen LogP contribution in [0.5, 0.6) is 0 Å². The number of pyridine rings is 1. The number of aromatic nitrogens is 1. The van der Waals surface area contributed by atoms with Crippen molar-refractivity contribution in [2.45, 2.75) is 25.8 Å². The average Bonchev–Trinajstić information content (AvgIpc) is 2.22. The normalized spacial score (nSPS) is 12.5. The third-order valence-corrected chi connectivity index (χ3v) is 2.44. The first-order valence-electron chi connectivity index (χ1n) is 5.13. The molecule has 3 nitrogen and oxygen atoms in total. The van der Waals surface area contributed by atoms with Crippen LogP contribution in [0.2, 0.25) is 5.02 Å². The highest BCUT2D eigenvalue weighted by molar-refractivity contribution is 6.33. The predicted octanol–water partition coefficient (Wildman–Crippen LogP) is 2.96. The third-order valence-electron chi connectivity index (χ3n) is 2.14. The molecule has 1 unspecified atom stereocenters. The van der Waals surface area contributed by atoms with Gasteiger partial charge in [-0.3, -0.25) is 4.98 Å². The largest absolute Gasteiger partial charge is 0.383 e. The second-order valence-corrected chi connectivity index (χ2v) is 3.85. The van der Waals surface area contributed by atoms with Gasteiger partial charge < -0.3 is 10.1 Å². The van der Waals surface area contributed by atoms with Crippen LogP contribution in [0.1, 0.15) is 19.8 Å². The molecule has 1 N–H and O–H groups in total. The Morgan fingerprint density at radius 3 is 3.00 bits per heavy atom. The van der Waals surface area contributed by atoms with E-state index in [1.54, 1.807) is 19.5 Å². The lowest BCUT2D eigenvalue weighted by molar-refractivity contribution is 0.182. The lowest BCUT2D eigenvalue weighted by Gasteiger charge is -2.18. The van der Waals surface area contributed by atoms with Gasteiger partial charge in [0, 0.05) is 25.5 Å². The zero-order valence-electron chi connectivity index (χ0n) is 9.16. The highest BCUT2D eigenvalue weighted by Gasteiger charge is 2.08. The molecule has 1 aromatic rings. The van der Waals surface area contributed by atoms with Gasteiger partial charge >= 0.3 is 0 Å². The van der Waals surface area contributed by atoms with Crippen LogP contribution in [0.4, 0.5) is 5.69 Å². The van der Waals surface area contributed by atoms with Gasteiger partial charge in [0.25, 0.3) is 0 Å². The summed E-state index contributed by atoms with van der Waals surface area (Å²) in [4.78, 5) is 3.94. The number of nitrogens with zero attached hydrogens (tertiary/aromatic N) is 1. The average molecular weight is 229 g/mol. The molecule has 0 aliphatic rings. The lowest BCUT2D eigenvalue weighted by atomic mass is 10.1. The molecule has 1 rings (SSSR count). The van der Waals surface area contributed by atoms with Gasteiger partial charge in [0.1, 0.15) is 0 Å². The smallest absolute Gasteiger partial charge is 0.0820 e. The van der Waals surface area contributed by atoms with Gasteiger partial charge in [-0.05, 0) is 12.5 Å². The molecule has 0 spiro atoms. The van der Waals surface area contributed by atoms with Crippen molar-refractivity contribution in [3.05, 3.63) is 23.5 Å². The van der Waals surface area contributed by atoms with Crippen LogP contribution in [-0.2, 0) is 4.74 Å². The summed E-state index contributed by atoms with van der Waals surface area (Å²) >= 11 is 6.00. The van der Waals surface area contributed by atoms with E-state index in [1.807, 2.05) is 6.07 Å². The van der Waals surface area contributed by atoms with Crippen LogP contribution in [0.15, 0.2) is 18.5 Å². The minimum Gasteiger partial charge on any atom is -0.383 e. The summed E-state index contributed by atoms with van der Waals surface area (Å²) in [6.45, 7) is 2.84. The molecule has 4 heteroatoms. The molecule has 0 aliphatic heterocycles. The van der Waals surface area contributed by atoms with Gasteiger partial charge in [-0.25, -0.2) is 0 Å². The maximum absolute atomic E-state index is 6.00. The summed E-state index contributed by atoms with van der Waals surface area (Å²) in [5.74, 6) is 0. The highest BCUT2D eigenvalue weighted by atomic mass is 35.5. The maximum Gasteiger partial charge on any atom is 0.0820 e. The lowest BCUT2D eigenvalue weighted by Crippen LogP contribution is -2.24. The summed E-state index contributed by atoms with van der Waals surface area (Å²) in [5, 5.41) is 4.00. The molecule has 15 heavy (non-hydrogen) atoms. The maximum atomic E-state index is 6.00. The fraction of sp³-hybridized carbons (Fsp3) is 0.545. The molecule has 0 saturated carbocycles. The monoisotopic (exact) mass is 228 g/mol. The van der Waals surface area contributed by atoms with Crippen molar-refractivity contribution in [1.29, 1.82) is 0 Å². The molecular weight excluding hydrogens is 212 g/mol. The number of hydrogen-bond acceptors (Lipinski definition) is 3. The van der Waals surface area contributed by atoms with Crippen LogP contribution < -0.4 is 5.32 Å². The summed E-state index contributed by atoms with van der Waals surface area (Å²) in [6.07, 6.45) is 5.54. The summed E-state index contributed by atoms with van der Waals surface area (Å²) in [5.41, 5.74) is 0.919. The second-order valence-electron chi connectivity index (χ2n) is 3.44. The fourth-order valence-corrected chi connectivity index (χ4v) is 1.63. The third kappa shape index (κ3) is 4.06. The molecule has 0 bridgehead atoms. The standard InChI is InChI=1S/C11H17ClN2O/c1-3-4-9(8-15-2)14-11-5-6-13-7-10(11)12/h5-7,9H,3-4,8H2,1-2H3,(H,13,14). The van der Waals surface area contributed by atoms with E-state index >= 15 is 0 Å². The van der Waals surface area contributed by atoms with E-state index in [4.69, 9.17) is 16.3 Å². The molecule has 1 heterocycles. The van der Waals surface area contributed by atoms with E-state index in [9.17, 15) is 0 Å². The molecular formula is C11H17ClN2O. The first kappa shape index (κ1) is 12.3. The van der Waals surface area contributed by atoms with Crippen molar-refractivity contribution in [1.82, 2.24) is 4.98 Å². The van der Waals surface area contributed by atoms with E-state index in [0.29, 0.717) is 17.7 Å². The molecule has 1 aromatic heterocycles. The van der Waals surface area contributed by atoms with E-state index in [1.165, 1.54) is 0 Å². The van der Waals surface area contributed by atoms with Crippen molar-refractivity contribution in [2.75, 3.05) is 19.0 Å². The van der Waals surface area contributed by atoms with Gasteiger partial charge in [0.2, 0.25) is 0 Å². The van der Waals surface area contributed by atoms with Crippen molar-refractivity contribution in [3.8, 4) is 0 Å². The second kappa shape index (κ2) is 6.64. The molecule has 0 fully saturated rings. The van der Waals surface area contributed by atoms with Crippen molar-refractivity contribution in [3.63, 3.8) is 0 Å². The Morgan fingerprint density at radius 2 is 2.40 bits per heavy atom. The fourth-order valence-electron chi connectivity index (χ4n) is 1.46. The Morgan fingerprint density at radius 1 is 1.60 bits per heavy atom.